The molecule has 0 unspecified atom stereocenters. The van der Waals surface area contributed by atoms with Gasteiger partial charge in [-0.1, -0.05) is 11.6 Å². The molecule has 1 aliphatic rings. The first-order valence-corrected chi connectivity index (χ1v) is 11.4. The number of nitrogens with zero attached hydrogens (tertiary/aromatic N) is 6. The molecule has 1 amide bonds. The number of aromatic nitrogens is 5. The Labute approximate surface area is 204 Å². The average molecular weight is 502 g/mol. The second-order valence-electron chi connectivity index (χ2n) is 7.96. The largest absolute Gasteiger partial charge is 0.489 e. The number of hydrogen-bond acceptors (Lipinski definition) is 6. The number of benzene rings is 1. The number of anilines is 1. The Hall–Kier alpha value is -3.73. The van der Waals surface area contributed by atoms with E-state index in [2.05, 4.69) is 20.1 Å². The van der Waals surface area contributed by atoms with Gasteiger partial charge < -0.3 is 19.5 Å². The molecule has 0 atom stereocenters. The fourth-order valence-electron chi connectivity index (χ4n) is 4.13. The van der Waals surface area contributed by atoms with Gasteiger partial charge in [-0.05, 0) is 18.2 Å². The summed E-state index contributed by atoms with van der Waals surface area (Å²) in [6.45, 7) is 0.827. The molecule has 0 saturated carbocycles. The normalized spacial score (nSPS) is 14.0. The van der Waals surface area contributed by atoms with Crippen LogP contribution in [0.3, 0.4) is 0 Å². The topological polar surface area (TPSA) is 92.2 Å². The summed E-state index contributed by atoms with van der Waals surface area (Å²) in [5.41, 5.74) is 1.52. The van der Waals surface area contributed by atoms with Crippen molar-refractivity contribution < 1.29 is 18.3 Å². The summed E-state index contributed by atoms with van der Waals surface area (Å²) in [5.74, 6) is 0.212. The van der Waals surface area contributed by atoms with Crippen LogP contribution in [0.4, 0.5) is 14.5 Å². The molecule has 1 fully saturated rings. The molecular formula is C23H22ClF2N7O2. The summed E-state index contributed by atoms with van der Waals surface area (Å²) in [4.78, 5) is 28.3. The van der Waals surface area contributed by atoms with Crippen molar-refractivity contribution in [3.05, 3.63) is 53.7 Å². The first-order valence-electron chi connectivity index (χ1n) is 11.1. The molecule has 0 spiro atoms. The molecule has 0 radical (unpaired) electrons. The fourth-order valence-corrected chi connectivity index (χ4v) is 4.34. The number of alkyl halides is 1. The lowest BCUT2D eigenvalue weighted by atomic mass is 10.2. The number of ether oxygens (including phenoxy) is 1. The zero-order chi connectivity index (χ0) is 24.4. The van der Waals surface area contributed by atoms with Crippen molar-refractivity contribution in [2.24, 2.45) is 0 Å². The summed E-state index contributed by atoms with van der Waals surface area (Å²) in [6, 6.07) is 6.34. The van der Waals surface area contributed by atoms with E-state index in [1.165, 1.54) is 6.07 Å². The van der Waals surface area contributed by atoms with Crippen LogP contribution in [0.5, 0.6) is 5.75 Å². The van der Waals surface area contributed by atoms with Gasteiger partial charge in [-0.2, -0.15) is 5.10 Å². The highest BCUT2D eigenvalue weighted by Gasteiger charge is 2.25. The zero-order valence-corrected chi connectivity index (χ0v) is 19.4. The molecule has 0 aliphatic carbocycles. The maximum Gasteiger partial charge on any atom is 0.244 e. The molecular weight excluding hydrogens is 480 g/mol. The number of hydrogen-bond donors (Lipinski definition) is 1. The lowest BCUT2D eigenvalue weighted by molar-refractivity contribution is -0.132. The molecule has 9 nitrogen and oxygen atoms in total. The van der Waals surface area contributed by atoms with Crippen LogP contribution in [0.25, 0.3) is 22.6 Å². The van der Waals surface area contributed by atoms with Crippen LogP contribution in [0.1, 0.15) is 0 Å². The number of aromatic amines is 1. The Morgan fingerprint density at radius 1 is 1.17 bits per heavy atom. The third-order valence-electron chi connectivity index (χ3n) is 5.82. The number of carbonyl (C=O) groups is 1. The van der Waals surface area contributed by atoms with Gasteiger partial charge >= 0.3 is 0 Å². The van der Waals surface area contributed by atoms with Crippen molar-refractivity contribution in [3.8, 4) is 17.3 Å². The van der Waals surface area contributed by atoms with E-state index in [9.17, 15) is 13.6 Å². The van der Waals surface area contributed by atoms with E-state index < -0.39 is 12.5 Å². The van der Waals surface area contributed by atoms with Crippen molar-refractivity contribution in [3.63, 3.8) is 0 Å². The maximum absolute atomic E-state index is 14.6. The molecule has 12 heteroatoms. The standard InChI is InChI=1S/C23H22ClF2N7O2/c24-16-12-17(26)18(13-19(16)35-11-3-25)31-7-9-32(10-8-31)20(34)14-33-23-15(2-1-4-29-23)21(30-33)22-27-5-6-28-22/h1-2,4-6,12-13H,3,7-11,14H2,(H,27,28). The van der Waals surface area contributed by atoms with Crippen molar-refractivity contribution in [2.45, 2.75) is 6.54 Å². The second kappa shape index (κ2) is 9.87. The van der Waals surface area contributed by atoms with Crippen LogP contribution < -0.4 is 9.64 Å². The molecule has 0 bridgehead atoms. The number of halogens is 3. The summed E-state index contributed by atoms with van der Waals surface area (Å²) >= 11 is 6.02. The van der Waals surface area contributed by atoms with Crippen LogP contribution in [0.2, 0.25) is 5.02 Å². The molecule has 1 aliphatic heterocycles. The Morgan fingerprint density at radius 2 is 2.00 bits per heavy atom. The van der Waals surface area contributed by atoms with E-state index in [0.29, 0.717) is 49.0 Å². The lowest BCUT2D eigenvalue weighted by Gasteiger charge is -2.36. The Balaban J connectivity index is 1.28. The van der Waals surface area contributed by atoms with Crippen molar-refractivity contribution in [1.29, 1.82) is 0 Å². The molecule has 1 N–H and O–H groups in total. The number of imidazole rings is 1. The SMILES string of the molecule is O=C(Cn1nc(-c2ncc[nH]2)c2cccnc21)N1CCN(c2cc(OCCF)c(Cl)cc2F)CC1. The van der Waals surface area contributed by atoms with Gasteiger partial charge in [-0.15, -0.1) is 0 Å². The molecule has 35 heavy (non-hydrogen) atoms. The first-order chi connectivity index (χ1) is 17.0. The van der Waals surface area contributed by atoms with Crippen molar-refractivity contribution >= 4 is 34.2 Å². The quantitative estimate of drug-likeness (QED) is 0.418. The van der Waals surface area contributed by atoms with Crippen LogP contribution in [-0.2, 0) is 11.3 Å². The third-order valence-corrected chi connectivity index (χ3v) is 6.12. The number of H-pyrrole nitrogens is 1. The lowest BCUT2D eigenvalue weighted by Crippen LogP contribution is -2.50. The van der Waals surface area contributed by atoms with Crippen molar-refractivity contribution in [2.75, 3.05) is 44.4 Å². The van der Waals surface area contributed by atoms with Crippen molar-refractivity contribution in [1.82, 2.24) is 29.6 Å². The Morgan fingerprint density at radius 3 is 2.74 bits per heavy atom. The van der Waals surface area contributed by atoms with Crippen LogP contribution in [0.15, 0.2) is 42.9 Å². The molecule has 1 saturated heterocycles. The predicted molar refractivity (Wildman–Crippen MR) is 127 cm³/mol. The van der Waals surface area contributed by atoms with Gasteiger partial charge in [0.15, 0.2) is 11.5 Å². The minimum absolute atomic E-state index is 0.0186. The smallest absolute Gasteiger partial charge is 0.244 e. The highest BCUT2D eigenvalue weighted by atomic mass is 35.5. The van der Waals surface area contributed by atoms with Crippen LogP contribution >= 0.6 is 11.6 Å². The number of carbonyl (C=O) groups excluding carboxylic acids is 1. The number of amides is 1. The van der Waals surface area contributed by atoms with E-state index in [-0.39, 0.29) is 29.8 Å². The van der Waals surface area contributed by atoms with Crippen LogP contribution in [-0.4, -0.2) is 75.0 Å². The number of pyridine rings is 1. The summed E-state index contributed by atoms with van der Waals surface area (Å²) < 4.78 is 33.9. The first kappa shape index (κ1) is 23.0. The maximum atomic E-state index is 14.6. The number of piperazine rings is 1. The fraction of sp³-hybridized carbons (Fsp3) is 0.304. The minimum atomic E-state index is -0.673. The number of fused-ring (bicyclic) bond motifs is 1. The molecule has 4 aromatic rings. The van der Waals surface area contributed by atoms with Gasteiger partial charge in [0.2, 0.25) is 5.91 Å². The Bertz CT molecular complexity index is 1340. The highest BCUT2D eigenvalue weighted by molar-refractivity contribution is 6.32. The zero-order valence-electron chi connectivity index (χ0n) is 18.6. The monoisotopic (exact) mass is 501 g/mol. The van der Waals surface area contributed by atoms with Gasteiger partial charge in [-0.25, -0.2) is 23.4 Å². The van der Waals surface area contributed by atoms with Gasteiger partial charge in [-0.3, -0.25) is 4.79 Å². The molecule has 182 valence electrons. The van der Waals surface area contributed by atoms with Crippen LogP contribution in [0, 0.1) is 5.82 Å². The Kier molecular flexibility index (Phi) is 6.49. The highest BCUT2D eigenvalue weighted by Crippen LogP contribution is 2.33. The van der Waals surface area contributed by atoms with Gasteiger partial charge in [0, 0.05) is 50.8 Å². The second-order valence-corrected chi connectivity index (χ2v) is 8.37. The average Bonchev–Trinajstić information content (AvgIpc) is 3.52. The summed E-state index contributed by atoms with van der Waals surface area (Å²) in [6.07, 6.45) is 5.00. The van der Waals surface area contributed by atoms with E-state index in [4.69, 9.17) is 16.3 Å². The third kappa shape index (κ3) is 4.63. The van der Waals surface area contributed by atoms with E-state index in [0.717, 1.165) is 11.5 Å². The number of rotatable bonds is 7. The number of nitrogens with one attached hydrogen (secondary N) is 1. The molecule has 5 rings (SSSR count). The minimum Gasteiger partial charge on any atom is -0.489 e. The van der Waals surface area contributed by atoms with E-state index in [1.54, 1.807) is 28.2 Å². The summed E-state index contributed by atoms with van der Waals surface area (Å²) in [5, 5.41) is 5.46. The molecule has 3 aromatic heterocycles. The van der Waals surface area contributed by atoms with Gasteiger partial charge in [0.1, 0.15) is 37.1 Å². The summed E-state index contributed by atoms with van der Waals surface area (Å²) in [7, 11) is 0. The molecule has 1 aromatic carbocycles. The van der Waals surface area contributed by atoms with Gasteiger partial charge in [0.25, 0.3) is 0 Å². The predicted octanol–water partition coefficient (Wildman–Crippen LogP) is 3.31. The molecule has 4 heterocycles. The van der Waals surface area contributed by atoms with E-state index >= 15 is 0 Å². The van der Waals surface area contributed by atoms with Gasteiger partial charge in [0.05, 0.1) is 16.1 Å². The van der Waals surface area contributed by atoms with E-state index in [1.807, 2.05) is 17.0 Å².